The van der Waals surface area contributed by atoms with E-state index in [0.717, 1.165) is 16.4 Å². The van der Waals surface area contributed by atoms with E-state index >= 15 is 0 Å². The van der Waals surface area contributed by atoms with E-state index < -0.39 is 0 Å². The summed E-state index contributed by atoms with van der Waals surface area (Å²) in [6.45, 7) is 1.98. The second kappa shape index (κ2) is 5.55. The molecular weight excluding hydrogens is 256 g/mol. The molecule has 0 aromatic carbocycles. The topological polar surface area (TPSA) is 63.8 Å². The molecule has 2 aromatic rings. The maximum Gasteiger partial charge on any atom is 0.0897 e. The minimum atomic E-state index is -0.120. The standard InChI is InChI=1S/C11H13ClN4S/c1-7-15-8(6-17-7)5-10(16-13)11-9(12)3-2-4-14-11/h2-4,6,10,16H,5,13H2,1H3. The van der Waals surface area contributed by atoms with Crippen LogP contribution in [0.2, 0.25) is 5.02 Å². The minimum Gasteiger partial charge on any atom is -0.271 e. The summed E-state index contributed by atoms with van der Waals surface area (Å²) in [6.07, 6.45) is 2.38. The van der Waals surface area contributed by atoms with Gasteiger partial charge in [0.1, 0.15) is 0 Å². The zero-order valence-corrected chi connectivity index (χ0v) is 10.9. The molecule has 3 N–H and O–H groups in total. The zero-order chi connectivity index (χ0) is 12.3. The molecule has 0 radical (unpaired) electrons. The van der Waals surface area contributed by atoms with Gasteiger partial charge >= 0.3 is 0 Å². The van der Waals surface area contributed by atoms with Crippen LogP contribution in [0.4, 0.5) is 0 Å². The smallest absolute Gasteiger partial charge is 0.0897 e. The Morgan fingerprint density at radius 2 is 2.41 bits per heavy atom. The summed E-state index contributed by atoms with van der Waals surface area (Å²) in [6, 6.07) is 3.48. The van der Waals surface area contributed by atoms with Gasteiger partial charge in [0.2, 0.25) is 0 Å². The second-order valence-corrected chi connectivity index (χ2v) is 5.12. The number of nitrogens with zero attached hydrogens (tertiary/aromatic N) is 2. The van der Waals surface area contributed by atoms with Gasteiger partial charge in [-0.1, -0.05) is 11.6 Å². The van der Waals surface area contributed by atoms with Gasteiger partial charge in [0.15, 0.2) is 0 Å². The fourth-order valence-electron chi connectivity index (χ4n) is 1.60. The summed E-state index contributed by atoms with van der Waals surface area (Å²) in [4.78, 5) is 8.66. The highest BCUT2D eigenvalue weighted by atomic mass is 35.5. The van der Waals surface area contributed by atoms with E-state index in [4.69, 9.17) is 17.4 Å². The summed E-state index contributed by atoms with van der Waals surface area (Å²) in [5.74, 6) is 5.56. The van der Waals surface area contributed by atoms with Crippen molar-refractivity contribution in [1.29, 1.82) is 0 Å². The summed E-state index contributed by atoms with van der Waals surface area (Å²) in [5, 5.41) is 3.68. The molecule has 0 amide bonds. The van der Waals surface area contributed by atoms with Gasteiger partial charge in [-0.05, 0) is 19.1 Å². The number of hydrogen-bond donors (Lipinski definition) is 2. The van der Waals surface area contributed by atoms with Gasteiger partial charge in [0.25, 0.3) is 0 Å². The van der Waals surface area contributed by atoms with Crippen molar-refractivity contribution >= 4 is 22.9 Å². The van der Waals surface area contributed by atoms with Gasteiger partial charge in [-0.15, -0.1) is 11.3 Å². The summed E-state index contributed by atoms with van der Waals surface area (Å²) in [7, 11) is 0. The largest absolute Gasteiger partial charge is 0.271 e. The first-order valence-corrected chi connectivity index (χ1v) is 6.44. The van der Waals surface area contributed by atoms with Gasteiger partial charge < -0.3 is 0 Å². The highest BCUT2D eigenvalue weighted by Crippen LogP contribution is 2.23. The number of nitrogens with two attached hydrogens (primary N) is 1. The van der Waals surface area contributed by atoms with Crippen LogP contribution in [0, 0.1) is 6.92 Å². The number of aryl methyl sites for hydroxylation is 1. The molecule has 2 rings (SSSR count). The third-order valence-corrected chi connectivity index (χ3v) is 3.54. The Balaban J connectivity index is 2.20. The molecule has 2 aromatic heterocycles. The molecule has 0 fully saturated rings. The lowest BCUT2D eigenvalue weighted by atomic mass is 10.1. The molecule has 0 saturated carbocycles. The number of hydrazine groups is 1. The number of pyridine rings is 1. The lowest BCUT2D eigenvalue weighted by molar-refractivity contribution is 0.534. The Morgan fingerprint density at radius 3 is 3.00 bits per heavy atom. The van der Waals surface area contributed by atoms with Crippen LogP contribution in [0.25, 0.3) is 0 Å². The Morgan fingerprint density at radius 1 is 1.59 bits per heavy atom. The van der Waals surface area contributed by atoms with E-state index in [0.29, 0.717) is 11.4 Å². The zero-order valence-electron chi connectivity index (χ0n) is 9.35. The van der Waals surface area contributed by atoms with Crippen LogP contribution < -0.4 is 11.3 Å². The van der Waals surface area contributed by atoms with Crippen LogP contribution in [0.5, 0.6) is 0 Å². The van der Waals surface area contributed by atoms with Crippen molar-refractivity contribution < 1.29 is 0 Å². The monoisotopic (exact) mass is 268 g/mol. The molecule has 0 aliphatic heterocycles. The van der Waals surface area contributed by atoms with Crippen molar-refractivity contribution in [3.8, 4) is 0 Å². The minimum absolute atomic E-state index is 0.120. The van der Waals surface area contributed by atoms with Crippen molar-refractivity contribution in [1.82, 2.24) is 15.4 Å². The Kier molecular flexibility index (Phi) is 4.06. The molecular formula is C11H13ClN4S. The molecule has 0 spiro atoms. The van der Waals surface area contributed by atoms with Gasteiger partial charge in [-0.2, -0.15) is 0 Å². The number of rotatable bonds is 4. The van der Waals surface area contributed by atoms with E-state index in [2.05, 4.69) is 15.4 Å². The first kappa shape index (κ1) is 12.4. The number of thiazole rings is 1. The van der Waals surface area contributed by atoms with E-state index in [1.54, 1.807) is 29.7 Å². The molecule has 2 heterocycles. The van der Waals surface area contributed by atoms with Crippen molar-refractivity contribution in [3.05, 3.63) is 45.1 Å². The molecule has 0 saturated heterocycles. The van der Waals surface area contributed by atoms with Crippen molar-refractivity contribution in [2.45, 2.75) is 19.4 Å². The van der Waals surface area contributed by atoms with Crippen molar-refractivity contribution in [3.63, 3.8) is 0 Å². The number of halogens is 1. The van der Waals surface area contributed by atoms with E-state index in [1.165, 1.54) is 0 Å². The SMILES string of the molecule is Cc1nc(CC(NN)c2ncccc2Cl)cs1. The average molecular weight is 269 g/mol. The molecule has 6 heteroatoms. The highest BCUT2D eigenvalue weighted by Gasteiger charge is 2.16. The number of hydrogen-bond acceptors (Lipinski definition) is 5. The molecule has 90 valence electrons. The summed E-state index contributed by atoms with van der Waals surface area (Å²) < 4.78 is 0. The van der Waals surface area contributed by atoms with Crippen LogP contribution >= 0.6 is 22.9 Å². The summed E-state index contributed by atoms with van der Waals surface area (Å²) >= 11 is 7.72. The van der Waals surface area contributed by atoms with Crippen LogP contribution in [-0.4, -0.2) is 9.97 Å². The molecule has 1 atom stereocenters. The van der Waals surface area contributed by atoms with E-state index in [-0.39, 0.29) is 6.04 Å². The molecule has 0 aliphatic rings. The number of nitrogens with one attached hydrogen (secondary N) is 1. The Bertz CT molecular complexity index is 500. The van der Waals surface area contributed by atoms with Crippen LogP contribution in [-0.2, 0) is 6.42 Å². The average Bonchev–Trinajstić information content (AvgIpc) is 2.73. The fourth-order valence-corrected chi connectivity index (χ4v) is 2.48. The Labute approximate surface area is 109 Å². The van der Waals surface area contributed by atoms with E-state index in [9.17, 15) is 0 Å². The van der Waals surface area contributed by atoms with Gasteiger partial charge in [0.05, 0.1) is 27.5 Å². The van der Waals surface area contributed by atoms with Crippen LogP contribution in [0.15, 0.2) is 23.7 Å². The third-order valence-electron chi connectivity index (χ3n) is 2.40. The maximum atomic E-state index is 6.09. The molecule has 0 bridgehead atoms. The first-order chi connectivity index (χ1) is 8.20. The van der Waals surface area contributed by atoms with Gasteiger partial charge in [0, 0.05) is 18.0 Å². The van der Waals surface area contributed by atoms with E-state index in [1.807, 2.05) is 12.3 Å². The van der Waals surface area contributed by atoms with Crippen LogP contribution in [0.3, 0.4) is 0 Å². The maximum absolute atomic E-state index is 6.09. The van der Waals surface area contributed by atoms with Crippen molar-refractivity contribution in [2.24, 2.45) is 5.84 Å². The third kappa shape index (κ3) is 3.01. The van der Waals surface area contributed by atoms with Gasteiger partial charge in [-0.25, -0.2) is 4.98 Å². The lowest BCUT2D eigenvalue weighted by Crippen LogP contribution is -2.30. The normalized spacial score (nSPS) is 12.6. The highest BCUT2D eigenvalue weighted by molar-refractivity contribution is 7.09. The Hall–Kier alpha value is -1.01. The quantitative estimate of drug-likeness (QED) is 0.659. The fraction of sp³-hybridized carbons (Fsp3) is 0.273. The van der Waals surface area contributed by atoms with Crippen molar-refractivity contribution in [2.75, 3.05) is 0 Å². The summed E-state index contributed by atoms with van der Waals surface area (Å²) in [5.41, 5.74) is 4.48. The second-order valence-electron chi connectivity index (χ2n) is 3.65. The molecule has 4 nitrogen and oxygen atoms in total. The lowest BCUT2D eigenvalue weighted by Gasteiger charge is -2.15. The molecule has 17 heavy (non-hydrogen) atoms. The first-order valence-electron chi connectivity index (χ1n) is 5.18. The predicted octanol–water partition coefficient (Wildman–Crippen LogP) is 2.25. The molecule has 1 unspecified atom stereocenters. The molecule has 0 aliphatic carbocycles. The van der Waals surface area contributed by atoms with Gasteiger partial charge in [-0.3, -0.25) is 16.3 Å². The predicted molar refractivity (Wildman–Crippen MR) is 69.9 cm³/mol. The number of aromatic nitrogens is 2. The van der Waals surface area contributed by atoms with Crippen LogP contribution in [0.1, 0.15) is 22.4 Å².